The molecule has 5 nitrogen and oxygen atoms in total. The summed E-state index contributed by atoms with van der Waals surface area (Å²) in [6, 6.07) is 13.7. The van der Waals surface area contributed by atoms with Gasteiger partial charge in [0, 0.05) is 25.0 Å². The van der Waals surface area contributed by atoms with E-state index in [-0.39, 0.29) is 30.4 Å². The number of urea groups is 1. The van der Waals surface area contributed by atoms with Gasteiger partial charge < -0.3 is 16.0 Å². The SMILES string of the molecule is CC(C)NC(=O)CC(C)NC(=O)NCc1cccc2ccccc12. The van der Waals surface area contributed by atoms with Crippen LogP contribution in [0.5, 0.6) is 0 Å². The lowest BCUT2D eigenvalue weighted by Crippen LogP contribution is -2.43. The van der Waals surface area contributed by atoms with Gasteiger partial charge in [-0.25, -0.2) is 4.79 Å². The van der Waals surface area contributed by atoms with Crippen LogP contribution in [0.2, 0.25) is 0 Å². The minimum Gasteiger partial charge on any atom is -0.354 e. The molecule has 0 aromatic heterocycles. The van der Waals surface area contributed by atoms with Crippen LogP contribution in [0.15, 0.2) is 42.5 Å². The summed E-state index contributed by atoms with van der Waals surface area (Å²) < 4.78 is 0. The van der Waals surface area contributed by atoms with Gasteiger partial charge in [0.1, 0.15) is 0 Å². The molecule has 0 saturated carbocycles. The fourth-order valence-corrected chi connectivity index (χ4v) is 2.61. The van der Waals surface area contributed by atoms with Crippen molar-refractivity contribution >= 4 is 22.7 Å². The highest BCUT2D eigenvalue weighted by atomic mass is 16.2. The maximum Gasteiger partial charge on any atom is 0.315 e. The number of rotatable bonds is 6. The standard InChI is InChI=1S/C19H25N3O2/c1-13(2)21-18(23)11-14(3)22-19(24)20-12-16-9-6-8-15-7-4-5-10-17(15)16/h4-10,13-14H,11-12H2,1-3H3,(H,21,23)(H2,20,22,24). The van der Waals surface area contributed by atoms with Crippen LogP contribution >= 0.6 is 0 Å². The number of fused-ring (bicyclic) bond motifs is 1. The van der Waals surface area contributed by atoms with Crippen molar-refractivity contribution in [3.63, 3.8) is 0 Å². The Labute approximate surface area is 142 Å². The van der Waals surface area contributed by atoms with Gasteiger partial charge in [-0.2, -0.15) is 0 Å². The molecule has 128 valence electrons. The third-order valence-electron chi connectivity index (χ3n) is 3.64. The van der Waals surface area contributed by atoms with E-state index in [4.69, 9.17) is 0 Å². The summed E-state index contributed by atoms with van der Waals surface area (Å²) in [5, 5.41) is 10.7. The molecule has 3 amide bonds. The van der Waals surface area contributed by atoms with E-state index >= 15 is 0 Å². The summed E-state index contributed by atoms with van der Waals surface area (Å²) in [5.41, 5.74) is 1.06. The second-order valence-corrected chi connectivity index (χ2v) is 6.29. The predicted molar refractivity (Wildman–Crippen MR) is 96.7 cm³/mol. The van der Waals surface area contributed by atoms with Gasteiger partial charge >= 0.3 is 6.03 Å². The molecule has 2 rings (SSSR count). The van der Waals surface area contributed by atoms with E-state index in [9.17, 15) is 9.59 Å². The Balaban J connectivity index is 1.85. The average molecular weight is 327 g/mol. The first-order chi connectivity index (χ1) is 11.5. The van der Waals surface area contributed by atoms with E-state index < -0.39 is 0 Å². The van der Waals surface area contributed by atoms with Gasteiger partial charge in [-0.15, -0.1) is 0 Å². The Kier molecular flexibility index (Phi) is 6.18. The number of hydrogen-bond acceptors (Lipinski definition) is 2. The highest BCUT2D eigenvalue weighted by molar-refractivity contribution is 5.86. The molecule has 5 heteroatoms. The van der Waals surface area contributed by atoms with Crippen molar-refractivity contribution in [2.75, 3.05) is 0 Å². The van der Waals surface area contributed by atoms with E-state index in [0.717, 1.165) is 16.3 Å². The molecule has 0 saturated heterocycles. The molecule has 0 spiro atoms. The zero-order valence-electron chi connectivity index (χ0n) is 14.4. The monoisotopic (exact) mass is 327 g/mol. The van der Waals surface area contributed by atoms with Crippen molar-refractivity contribution in [1.82, 2.24) is 16.0 Å². The average Bonchev–Trinajstić information content (AvgIpc) is 2.51. The zero-order chi connectivity index (χ0) is 17.5. The van der Waals surface area contributed by atoms with Crippen molar-refractivity contribution in [1.29, 1.82) is 0 Å². The van der Waals surface area contributed by atoms with Crippen LogP contribution in [-0.2, 0) is 11.3 Å². The van der Waals surface area contributed by atoms with E-state index in [2.05, 4.69) is 16.0 Å². The van der Waals surface area contributed by atoms with Crippen LogP contribution in [0, 0.1) is 0 Å². The molecular formula is C19H25N3O2. The van der Waals surface area contributed by atoms with E-state index in [1.165, 1.54) is 0 Å². The molecule has 1 unspecified atom stereocenters. The lowest BCUT2D eigenvalue weighted by molar-refractivity contribution is -0.121. The molecular weight excluding hydrogens is 302 g/mol. The molecule has 2 aromatic rings. The molecule has 24 heavy (non-hydrogen) atoms. The van der Waals surface area contributed by atoms with Crippen molar-refractivity contribution in [3.05, 3.63) is 48.0 Å². The summed E-state index contributed by atoms with van der Waals surface area (Å²) in [6.45, 7) is 6.08. The Bertz CT molecular complexity index is 707. The molecule has 2 aromatic carbocycles. The molecule has 0 aliphatic rings. The lowest BCUT2D eigenvalue weighted by atomic mass is 10.0. The lowest BCUT2D eigenvalue weighted by Gasteiger charge is -2.16. The maximum absolute atomic E-state index is 12.0. The van der Waals surface area contributed by atoms with E-state index in [0.29, 0.717) is 6.54 Å². The molecule has 3 N–H and O–H groups in total. The minimum absolute atomic E-state index is 0.0631. The Morgan fingerprint density at radius 1 is 0.958 bits per heavy atom. The summed E-state index contributed by atoms with van der Waals surface area (Å²) in [4.78, 5) is 23.7. The topological polar surface area (TPSA) is 70.2 Å². The van der Waals surface area contributed by atoms with Crippen molar-refractivity contribution in [2.24, 2.45) is 0 Å². The first-order valence-electron chi connectivity index (χ1n) is 8.26. The van der Waals surface area contributed by atoms with Gasteiger partial charge in [0.15, 0.2) is 0 Å². The normalized spacial score (nSPS) is 12.0. The molecule has 0 radical (unpaired) electrons. The van der Waals surface area contributed by atoms with Gasteiger partial charge in [-0.05, 0) is 37.1 Å². The predicted octanol–water partition coefficient (Wildman–Crippen LogP) is 2.94. The Morgan fingerprint density at radius 2 is 1.67 bits per heavy atom. The molecule has 0 aliphatic carbocycles. The van der Waals surface area contributed by atoms with Crippen LogP contribution in [0.25, 0.3) is 10.8 Å². The minimum atomic E-state index is -0.271. The second kappa shape index (κ2) is 8.34. The number of benzene rings is 2. The first kappa shape index (κ1) is 17.8. The molecule has 0 aliphatic heterocycles. The Morgan fingerprint density at radius 3 is 2.42 bits per heavy atom. The van der Waals surface area contributed by atoms with Crippen LogP contribution in [-0.4, -0.2) is 24.0 Å². The highest BCUT2D eigenvalue weighted by Gasteiger charge is 2.12. The quantitative estimate of drug-likeness (QED) is 0.763. The second-order valence-electron chi connectivity index (χ2n) is 6.29. The fraction of sp³-hybridized carbons (Fsp3) is 0.368. The van der Waals surface area contributed by atoms with Crippen molar-refractivity contribution in [3.8, 4) is 0 Å². The van der Waals surface area contributed by atoms with Crippen molar-refractivity contribution < 1.29 is 9.59 Å². The van der Waals surface area contributed by atoms with Crippen LogP contribution in [0.1, 0.15) is 32.8 Å². The number of carbonyl (C=O) groups is 2. The molecule has 0 heterocycles. The van der Waals surface area contributed by atoms with Gasteiger partial charge in [-0.1, -0.05) is 42.5 Å². The Hall–Kier alpha value is -2.56. The van der Waals surface area contributed by atoms with Crippen LogP contribution < -0.4 is 16.0 Å². The van der Waals surface area contributed by atoms with Crippen LogP contribution in [0.4, 0.5) is 4.79 Å². The molecule has 0 bridgehead atoms. The third-order valence-corrected chi connectivity index (χ3v) is 3.64. The largest absolute Gasteiger partial charge is 0.354 e. The molecule has 0 fully saturated rings. The van der Waals surface area contributed by atoms with Crippen LogP contribution in [0.3, 0.4) is 0 Å². The highest BCUT2D eigenvalue weighted by Crippen LogP contribution is 2.18. The van der Waals surface area contributed by atoms with Gasteiger partial charge in [0.05, 0.1) is 0 Å². The van der Waals surface area contributed by atoms with E-state index in [1.54, 1.807) is 0 Å². The number of nitrogens with one attached hydrogen (secondary N) is 3. The van der Waals surface area contributed by atoms with E-state index in [1.807, 2.05) is 63.2 Å². The summed E-state index contributed by atoms with van der Waals surface area (Å²) in [5.74, 6) is -0.0631. The van der Waals surface area contributed by atoms with Gasteiger partial charge in [0.2, 0.25) is 5.91 Å². The third kappa shape index (κ3) is 5.26. The van der Waals surface area contributed by atoms with Crippen molar-refractivity contribution in [2.45, 2.75) is 45.8 Å². The summed E-state index contributed by atoms with van der Waals surface area (Å²) in [6.07, 6.45) is 0.264. The summed E-state index contributed by atoms with van der Waals surface area (Å²) >= 11 is 0. The first-order valence-corrected chi connectivity index (χ1v) is 8.26. The maximum atomic E-state index is 12.0. The summed E-state index contributed by atoms with van der Waals surface area (Å²) in [7, 11) is 0. The number of carbonyl (C=O) groups excluding carboxylic acids is 2. The smallest absolute Gasteiger partial charge is 0.315 e. The molecule has 1 atom stereocenters. The fourth-order valence-electron chi connectivity index (χ4n) is 2.61. The van der Waals surface area contributed by atoms with Gasteiger partial charge in [0.25, 0.3) is 0 Å². The zero-order valence-corrected chi connectivity index (χ0v) is 14.4. The number of amides is 3. The van der Waals surface area contributed by atoms with Gasteiger partial charge in [-0.3, -0.25) is 4.79 Å². The number of hydrogen-bond donors (Lipinski definition) is 3.